The Morgan fingerprint density at radius 2 is 2.05 bits per heavy atom. The number of pyridine rings is 1. The van der Waals surface area contributed by atoms with Crippen LogP contribution in [-0.2, 0) is 10.0 Å². The van der Waals surface area contributed by atoms with Crippen molar-refractivity contribution in [3.05, 3.63) is 46.6 Å². The van der Waals surface area contributed by atoms with Gasteiger partial charge in [-0.2, -0.15) is 0 Å². The number of anilines is 2. The first-order valence-corrected chi connectivity index (χ1v) is 8.69. The summed E-state index contributed by atoms with van der Waals surface area (Å²) in [5.74, 6) is 0.344. The van der Waals surface area contributed by atoms with Gasteiger partial charge in [-0.25, -0.2) is 13.4 Å². The quantitative estimate of drug-likeness (QED) is 0.847. The van der Waals surface area contributed by atoms with Crippen molar-refractivity contribution in [2.24, 2.45) is 0 Å². The lowest BCUT2D eigenvalue weighted by Crippen LogP contribution is -2.16. The van der Waals surface area contributed by atoms with Crippen LogP contribution in [0.4, 0.5) is 11.5 Å². The Hall–Kier alpha value is -1.60. The van der Waals surface area contributed by atoms with E-state index < -0.39 is 10.0 Å². The van der Waals surface area contributed by atoms with Crippen LogP contribution in [0.2, 0.25) is 0 Å². The maximum absolute atomic E-state index is 12.5. The van der Waals surface area contributed by atoms with Gasteiger partial charge < -0.3 is 5.32 Å². The molecular weight excluding hydrogens is 354 g/mol. The third kappa shape index (κ3) is 3.74. The molecule has 1 aromatic heterocycles. The smallest absolute Gasteiger partial charge is 0.265 e. The molecule has 112 valence electrons. The molecule has 7 heteroatoms. The molecule has 21 heavy (non-hydrogen) atoms. The second kappa shape index (κ2) is 6.44. The number of benzene rings is 1. The van der Waals surface area contributed by atoms with Gasteiger partial charge in [-0.3, -0.25) is 4.72 Å². The molecule has 0 spiro atoms. The molecule has 2 aromatic rings. The molecule has 0 radical (unpaired) electrons. The summed E-state index contributed by atoms with van der Waals surface area (Å²) in [6.45, 7) is 4.38. The van der Waals surface area contributed by atoms with Gasteiger partial charge in [-0.1, -0.05) is 6.07 Å². The van der Waals surface area contributed by atoms with Crippen LogP contribution < -0.4 is 10.0 Å². The van der Waals surface area contributed by atoms with Crippen LogP contribution in [-0.4, -0.2) is 19.9 Å². The molecule has 0 aliphatic rings. The topological polar surface area (TPSA) is 71.1 Å². The van der Waals surface area contributed by atoms with Crippen molar-refractivity contribution in [1.82, 2.24) is 4.98 Å². The molecule has 1 heterocycles. The van der Waals surface area contributed by atoms with E-state index in [4.69, 9.17) is 0 Å². The third-order valence-corrected chi connectivity index (χ3v) is 4.86. The Kier molecular flexibility index (Phi) is 4.84. The third-order valence-electron chi connectivity index (χ3n) is 2.77. The number of aryl methyl sites for hydroxylation is 1. The van der Waals surface area contributed by atoms with Crippen LogP contribution in [0.25, 0.3) is 0 Å². The molecule has 0 saturated heterocycles. The minimum absolute atomic E-state index is 0.125. The molecule has 0 fully saturated rings. The largest absolute Gasteiger partial charge is 0.369 e. The molecule has 0 aliphatic carbocycles. The highest BCUT2D eigenvalue weighted by Gasteiger charge is 2.20. The van der Waals surface area contributed by atoms with E-state index in [1.54, 1.807) is 18.3 Å². The lowest BCUT2D eigenvalue weighted by molar-refractivity contribution is 0.601. The minimum atomic E-state index is -3.71. The highest BCUT2D eigenvalue weighted by molar-refractivity contribution is 9.10. The monoisotopic (exact) mass is 369 g/mol. The summed E-state index contributed by atoms with van der Waals surface area (Å²) in [5, 5.41) is 2.95. The molecule has 0 amide bonds. The summed E-state index contributed by atoms with van der Waals surface area (Å²) in [5.41, 5.74) is 1.47. The van der Waals surface area contributed by atoms with Crippen LogP contribution in [0.5, 0.6) is 0 Å². The van der Waals surface area contributed by atoms with Crippen molar-refractivity contribution in [3.8, 4) is 0 Å². The molecule has 0 unspecified atom stereocenters. The first-order chi connectivity index (χ1) is 9.94. The lowest BCUT2D eigenvalue weighted by Gasteiger charge is -2.13. The second-order valence-electron chi connectivity index (χ2n) is 4.47. The van der Waals surface area contributed by atoms with Gasteiger partial charge in [0, 0.05) is 17.2 Å². The van der Waals surface area contributed by atoms with Crippen LogP contribution >= 0.6 is 15.9 Å². The van der Waals surface area contributed by atoms with E-state index in [1.807, 2.05) is 26.0 Å². The molecule has 0 saturated carbocycles. The molecule has 2 N–H and O–H groups in total. The fourth-order valence-electron chi connectivity index (χ4n) is 1.82. The van der Waals surface area contributed by atoms with Crippen molar-refractivity contribution < 1.29 is 8.42 Å². The first kappa shape index (κ1) is 15.8. The first-order valence-electron chi connectivity index (χ1n) is 6.42. The summed E-state index contributed by atoms with van der Waals surface area (Å²) >= 11 is 3.35. The summed E-state index contributed by atoms with van der Waals surface area (Å²) in [6.07, 6.45) is 1.56. The number of hydrogen-bond donors (Lipinski definition) is 2. The highest BCUT2D eigenvalue weighted by Crippen LogP contribution is 2.27. The number of hydrogen-bond acceptors (Lipinski definition) is 4. The second-order valence-corrected chi connectivity index (χ2v) is 6.97. The van der Waals surface area contributed by atoms with Crippen LogP contribution in [0.15, 0.2) is 45.9 Å². The zero-order valence-corrected chi connectivity index (χ0v) is 14.1. The van der Waals surface area contributed by atoms with Crippen molar-refractivity contribution in [2.45, 2.75) is 18.7 Å². The van der Waals surface area contributed by atoms with E-state index >= 15 is 0 Å². The summed E-state index contributed by atoms with van der Waals surface area (Å²) in [7, 11) is -3.71. The van der Waals surface area contributed by atoms with E-state index in [0.29, 0.717) is 22.5 Å². The number of aromatic nitrogens is 1. The molecule has 1 aromatic carbocycles. The molecule has 5 nitrogen and oxygen atoms in total. The van der Waals surface area contributed by atoms with Gasteiger partial charge in [-0.15, -0.1) is 0 Å². The number of sulfonamides is 1. The van der Waals surface area contributed by atoms with E-state index in [0.717, 1.165) is 5.56 Å². The molecule has 2 rings (SSSR count). The fourth-order valence-corrected chi connectivity index (χ4v) is 3.51. The lowest BCUT2D eigenvalue weighted by atomic mass is 10.2. The number of halogens is 1. The van der Waals surface area contributed by atoms with E-state index in [2.05, 4.69) is 31.0 Å². The van der Waals surface area contributed by atoms with Gasteiger partial charge in [0.25, 0.3) is 10.0 Å². The van der Waals surface area contributed by atoms with E-state index in [1.165, 1.54) is 6.07 Å². The average Bonchev–Trinajstić information content (AvgIpc) is 2.43. The van der Waals surface area contributed by atoms with E-state index in [9.17, 15) is 8.42 Å². The molecule has 0 bridgehead atoms. The predicted octanol–water partition coefficient (Wildman–Crippen LogP) is 3.39. The van der Waals surface area contributed by atoms with Crippen molar-refractivity contribution in [1.29, 1.82) is 0 Å². The van der Waals surface area contributed by atoms with Crippen LogP contribution in [0, 0.1) is 6.92 Å². The van der Waals surface area contributed by atoms with E-state index in [-0.39, 0.29) is 4.90 Å². The average molecular weight is 370 g/mol. The van der Waals surface area contributed by atoms with Gasteiger partial charge in [0.1, 0.15) is 10.7 Å². The maximum Gasteiger partial charge on any atom is 0.265 e. The standard InChI is InChI=1S/C14H16BrN3O2S/c1-3-16-14-13(5-4-8-17-14)21(19,20)18-12-9-10(2)6-7-11(12)15/h4-9,18H,3H2,1-2H3,(H,16,17). The SMILES string of the molecule is CCNc1ncccc1S(=O)(=O)Nc1cc(C)ccc1Br. The zero-order valence-electron chi connectivity index (χ0n) is 11.7. The Morgan fingerprint density at radius 3 is 2.76 bits per heavy atom. The summed E-state index contributed by atoms with van der Waals surface area (Å²) < 4.78 is 28.4. The number of nitrogens with zero attached hydrogens (tertiary/aromatic N) is 1. The Morgan fingerprint density at radius 1 is 1.29 bits per heavy atom. The van der Waals surface area contributed by atoms with Gasteiger partial charge in [-0.05, 0) is 59.6 Å². The minimum Gasteiger partial charge on any atom is -0.369 e. The van der Waals surface area contributed by atoms with Gasteiger partial charge in [0.05, 0.1) is 5.69 Å². The van der Waals surface area contributed by atoms with Gasteiger partial charge in [0.2, 0.25) is 0 Å². The Balaban J connectivity index is 2.41. The predicted molar refractivity (Wildman–Crippen MR) is 88.1 cm³/mol. The molecular formula is C14H16BrN3O2S. The zero-order chi connectivity index (χ0) is 15.5. The fraction of sp³-hybridized carbons (Fsp3) is 0.214. The molecule has 0 atom stereocenters. The number of rotatable bonds is 5. The Bertz CT molecular complexity index is 748. The molecule has 0 aliphatic heterocycles. The van der Waals surface area contributed by atoms with Crippen LogP contribution in [0.1, 0.15) is 12.5 Å². The normalized spacial score (nSPS) is 11.2. The van der Waals surface area contributed by atoms with Crippen molar-refractivity contribution in [2.75, 3.05) is 16.6 Å². The van der Waals surface area contributed by atoms with Crippen molar-refractivity contribution in [3.63, 3.8) is 0 Å². The highest BCUT2D eigenvalue weighted by atomic mass is 79.9. The summed E-state index contributed by atoms with van der Waals surface area (Å²) in [4.78, 5) is 4.20. The summed E-state index contributed by atoms with van der Waals surface area (Å²) in [6, 6.07) is 8.60. The van der Waals surface area contributed by atoms with Crippen LogP contribution in [0.3, 0.4) is 0 Å². The van der Waals surface area contributed by atoms with Gasteiger partial charge in [0.15, 0.2) is 0 Å². The Labute approximate surface area is 133 Å². The van der Waals surface area contributed by atoms with Crippen molar-refractivity contribution >= 4 is 37.5 Å². The van der Waals surface area contributed by atoms with Gasteiger partial charge >= 0.3 is 0 Å². The maximum atomic E-state index is 12.5. The number of nitrogens with one attached hydrogen (secondary N) is 2.